The Hall–Kier alpha value is -1.18. The van der Waals surface area contributed by atoms with E-state index in [0.29, 0.717) is 0 Å². The molecule has 0 aromatic carbocycles. The molecule has 1 aromatic heterocycles. The molecule has 0 aliphatic rings. The van der Waals surface area contributed by atoms with Crippen LogP contribution in [-0.2, 0) is 6.42 Å². The Morgan fingerprint density at radius 2 is 2.06 bits per heavy atom. The quantitative estimate of drug-likeness (QED) is 0.535. The molecule has 0 aliphatic carbocycles. The summed E-state index contributed by atoms with van der Waals surface area (Å²) in [6.07, 6.45) is 10.3. The molecule has 0 radical (unpaired) electrons. The fourth-order valence-electron chi connectivity index (χ4n) is 1.72. The molecular formula is C14H22N2. The molecule has 2 heteroatoms. The van der Waals surface area contributed by atoms with Crippen molar-refractivity contribution in [1.82, 2.24) is 10.2 Å². The Morgan fingerprint density at radius 1 is 1.25 bits per heavy atom. The third-order valence-corrected chi connectivity index (χ3v) is 2.72. The van der Waals surface area contributed by atoms with Crippen LogP contribution in [-0.4, -0.2) is 10.2 Å². The van der Waals surface area contributed by atoms with E-state index in [1.54, 1.807) is 6.20 Å². The molecule has 0 unspecified atom stereocenters. The molecule has 2 nitrogen and oxygen atoms in total. The molecule has 0 N–H and O–H groups in total. The van der Waals surface area contributed by atoms with Crippen molar-refractivity contribution in [2.75, 3.05) is 0 Å². The monoisotopic (exact) mass is 218 g/mol. The average molecular weight is 218 g/mol. The molecule has 0 atom stereocenters. The maximum absolute atomic E-state index is 4.06. The Bertz CT molecular complexity index is 338. The van der Waals surface area contributed by atoms with Crippen molar-refractivity contribution < 1.29 is 0 Å². The van der Waals surface area contributed by atoms with Crippen LogP contribution in [0.25, 0.3) is 0 Å². The maximum atomic E-state index is 4.06. The third-order valence-electron chi connectivity index (χ3n) is 2.72. The lowest BCUT2D eigenvalue weighted by atomic mass is 10.1. The van der Waals surface area contributed by atoms with Gasteiger partial charge in [0.15, 0.2) is 0 Å². The number of rotatable bonds is 6. The van der Waals surface area contributed by atoms with Crippen LogP contribution in [0.4, 0.5) is 0 Å². The molecule has 88 valence electrons. The Balaban J connectivity index is 2.17. The summed E-state index contributed by atoms with van der Waals surface area (Å²) in [6.45, 7) is 6.35. The second-order valence-corrected chi connectivity index (χ2v) is 4.52. The molecule has 1 aromatic rings. The van der Waals surface area contributed by atoms with Crippen LogP contribution in [0.3, 0.4) is 0 Å². The van der Waals surface area contributed by atoms with Gasteiger partial charge >= 0.3 is 0 Å². The van der Waals surface area contributed by atoms with Crippen LogP contribution in [0.5, 0.6) is 0 Å². The van der Waals surface area contributed by atoms with Crippen molar-refractivity contribution in [3.8, 4) is 0 Å². The van der Waals surface area contributed by atoms with Crippen LogP contribution >= 0.6 is 0 Å². The number of aryl methyl sites for hydroxylation is 2. The summed E-state index contributed by atoms with van der Waals surface area (Å²) >= 11 is 0. The van der Waals surface area contributed by atoms with Gasteiger partial charge in [0.2, 0.25) is 0 Å². The second-order valence-electron chi connectivity index (χ2n) is 4.52. The predicted molar refractivity (Wildman–Crippen MR) is 68.4 cm³/mol. The van der Waals surface area contributed by atoms with Crippen LogP contribution in [0.2, 0.25) is 0 Å². The molecule has 0 spiro atoms. The van der Waals surface area contributed by atoms with Crippen LogP contribution in [0.1, 0.15) is 50.8 Å². The zero-order chi connectivity index (χ0) is 11.8. The number of allylic oxidation sites excluding steroid dienone is 2. The lowest BCUT2D eigenvalue weighted by molar-refractivity contribution is 0.680. The lowest BCUT2D eigenvalue weighted by Crippen LogP contribution is -1.94. The minimum absolute atomic E-state index is 1.08. The van der Waals surface area contributed by atoms with Crippen LogP contribution in [0, 0.1) is 6.92 Å². The van der Waals surface area contributed by atoms with E-state index in [-0.39, 0.29) is 0 Å². The highest BCUT2D eigenvalue weighted by atomic mass is 15.1. The first-order chi connectivity index (χ1) is 7.70. The topological polar surface area (TPSA) is 25.8 Å². The van der Waals surface area contributed by atoms with E-state index in [9.17, 15) is 0 Å². The van der Waals surface area contributed by atoms with Gasteiger partial charge in [-0.1, -0.05) is 18.1 Å². The number of unbranched alkanes of at least 4 members (excludes halogenated alkanes) is 3. The Morgan fingerprint density at radius 3 is 2.75 bits per heavy atom. The van der Waals surface area contributed by atoms with Gasteiger partial charge in [-0.3, -0.25) is 0 Å². The normalized spacial score (nSPS) is 10.2. The van der Waals surface area contributed by atoms with Crippen molar-refractivity contribution in [2.45, 2.75) is 52.9 Å². The number of hydrogen-bond acceptors (Lipinski definition) is 2. The molecule has 1 heterocycles. The maximum Gasteiger partial charge on any atom is 0.0632 e. The molecule has 0 saturated heterocycles. The summed E-state index contributed by atoms with van der Waals surface area (Å²) < 4.78 is 0. The largest absolute Gasteiger partial charge is 0.159 e. The van der Waals surface area contributed by atoms with E-state index in [4.69, 9.17) is 0 Å². The van der Waals surface area contributed by atoms with Crippen molar-refractivity contribution in [1.29, 1.82) is 0 Å². The number of nitrogens with zero attached hydrogens (tertiary/aromatic N) is 2. The Kier molecular flexibility index (Phi) is 5.76. The van der Waals surface area contributed by atoms with Gasteiger partial charge in [0.05, 0.1) is 5.69 Å². The van der Waals surface area contributed by atoms with E-state index in [1.165, 1.54) is 36.8 Å². The minimum atomic E-state index is 1.08. The summed E-state index contributed by atoms with van der Waals surface area (Å²) in [5.41, 5.74) is 3.85. The molecule has 16 heavy (non-hydrogen) atoms. The summed E-state index contributed by atoms with van der Waals surface area (Å²) in [5, 5.41) is 7.92. The van der Waals surface area contributed by atoms with Crippen molar-refractivity contribution in [2.24, 2.45) is 0 Å². The first kappa shape index (κ1) is 12.9. The van der Waals surface area contributed by atoms with Crippen molar-refractivity contribution in [3.63, 3.8) is 0 Å². The lowest BCUT2D eigenvalue weighted by Gasteiger charge is -2.03. The number of aromatic nitrogens is 2. The number of hydrogen-bond donors (Lipinski definition) is 0. The summed E-state index contributed by atoms with van der Waals surface area (Å²) in [5.74, 6) is 0. The zero-order valence-corrected chi connectivity index (χ0v) is 10.7. The first-order valence-corrected chi connectivity index (χ1v) is 6.10. The van der Waals surface area contributed by atoms with Gasteiger partial charge in [-0.2, -0.15) is 10.2 Å². The van der Waals surface area contributed by atoms with Crippen LogP contribution < -0.4 is 0 Å². The van der Waals surface area contributed by atoms with E-state index < -0.39 is 0 Å². The molecule has 0 bridgehead atoms. The summed E-state index contributed by atoms with van der Waals surface area (Å²) in [6, 6.07) is 2.08. The van der Waals surface area contributed by atoms with E-state index in [0.717, 1.165) is 12.1 Å². The van der Waals surface area contributed by atoms with Gasteiger partial charge in [0.1, 0.15) is 0 Å². The predicted octanol–water partition coefficient (Wildman–Crippen LogP) is 3.85. The summed E-state index contributed by atoms with van der Waals surface area (Å²) in [4.78, 5) is 0. The smallest absolute Gasteiger partial charge is 0.0632 e. The van der Waals surface area contributed by atoms with Gasteiger partial charge in [0, 0.05) is 6.20 Å². The highest BCUT2D eigenvalue weighted by Gasteiger charge is 1.98. The fraction of sp³-hybridized carbons (Fsp3) is 0.571. The second kappa shape index (κ2) is 7.15. The van der Waals surface area contributed by atoms with Gasteiger partial charge < -0.3 is 0 Å². The van der Waals surface area contributed by atoms with Gasteiger partial charge in [-0.25, -0.2) is 0 Å². The highest BCUT2D eigenvalue weighted by Crippen LogP contribution is 2.10. The van der Waals surface area contributed by atoms with Gasteiger partial charge in [-0.05, 0) is 58.1 Å². The van der Waals surface area contributed by atoms with E-state index in [1.807, 2.05) is 6.92 Å². The SMILES string of the molecule is CC(C)=CCCCCCc1ccnnc1C. The molecule has 0 aliphatic heterocycles. The van der Waals surface area contributed by atoms with Gasteiger partial charge in [0.25, 0.3) is 0 Å². The minimum Gasteiger partial charge on any atom is -0.159 e. The van der Waals surface area contributed by atoms with Crippen LogP contribution in [0.15, 0.2) is 23.9 Å². The molecule has 0 saturated carbocycles. The average Bonchev–Trinajstić information content (AvgIpc) is 2.25. The first-order valence-electron chi connectivity index (χ1n) is 6.10. The van der Waals surface area contributed by atoms with Crippen molar-refractivity contribution >= 4 is 0 Å². The standard InChI is InChI=1S/C14H22N2/c1-12(2)8-6-4-5-7-9-14-10-11-15-16-13(14)3/h8,10-11H,4-7,9H2,1-3H3. The molecule has 1 rings (SSSR count). The van der Waals surface area contributed by atoms with Crippen molar-refractivity contribution in [3.05, 3.63) is 35.2 Å². The molecule has 0 fully saturated rings. The Labute approximate surface area is 98.8 Å². The fourth-order valence-corrected chi connectivity index (χ4v) is 1.72. The molecule has 0 amide bonds. The zero-order valence-electron chi connectivity index (χ0n) is 10.7. The third kappa shape index (κ3) is 5.06. The summed E-state index contributed by atoms with van der Waals surface area (Å²) in [7, 11) is 0. The molecular weight excluding hydrogens is 196 g/mol. The highest BCUT2D eigenvalue weighted by molar-refractivity contribution is 5.15. The van der Waals surface area contributed by atoms with Gasteiger partial charge in [-0.15, -0.1) is 0 Å². The van der Waals surface area contributed by atoms with E-state index in [2.05, 4.69) is 36.2 Å². The van der Waals surface area contributed by atoms with E-state index >= 15 is 0 Å².